The van der Waals surface area contributed by atoms with Crippen molar-refractivity contribution in [3.05, 3.63) is 17.0 Å². The van der Waals surface area contributed by atoms with Gasteiger partial charge in [0.25, 0.3) is 0 Å². The van der Waals surface area contributed by atoms with Crippen LogP contribution in [0.4, 0.5) is 0 Å². The summed E-state index contributed by atoms with van der Waals surface area (Å²) in [4.78, 5) is 8.21. The van der Waals surface area contributed by atoms with Crippen molar-refractivity contribution in [2.45, 2.75) is 30.5 Å². The number of aromatic nitrogens is 2. The molecule has 0 unspecified atom stereocenters. The van der Waals surface area contributed by atoms with Crippen LogP contribution >= 0.6 is 23.4 Å². The maximum Gasteiger partial charge on any atom is 0.157 e. The van der Waals surface area contributed by atoms with Gasteiger partial charge in [0.1, 0.15) is 33.0 Å². The van der Waals surface area contributed by atoms with Crippen molar-refractivity contribution >= 4 is 40.9 Å². The number of hydrogen-bond donors (Lipinski definition) is 0. The Balaban J connectivity index is 2.85. The summed E-state index contributed by atoms with van der Waals surface area (Å²) in [5.41, 5.74) is 0.432. The van der Waals surface area contributed by atoms with Crippen molar-refractivity contribution in [2.24, 2.45) is 4.40 Å². The molecule has 0 bridgehead atoms. The average molecular weight is 292 g/mol. The lowest BCUT2D eigenvalue weighted by atomic mass is 10.3. The first-order valence-electron chi connectivity index (χ1n) is 4.87. The Bertz CT molecular complexity index is 421. The molecule has 0 aliphatic rings. The van der Waals surface area contributed by atoms with Crippen molar-refractivity contribution in [3.8, 4) is 0 Å². The third-order valence-corrected chi connectivity index (χ3v) is 3.98. The molecule has 0 fully saturated rings. The molecule has 0 aromatic carbocycles. The van der Waals surface area contributed by atoms with Crippen molar-refractivity contribution in [1.29, 1.82) is 0 Å². The molecule has 0 saturated carbocycles. The number of rotatable bonds is 3. The first kappa shape index (κ1) is 14.8. The monoisotopic (exact) mass is 291 g/mol. The molecule has 0 amide bonds. The first-order chi connectivity index (χ1) is 7.84. The highest BCUT2D eigenvalue weighted by atomic mass is 35.5. The van der Waals surface area contributed by atoms with Gasteiger partial charge in [-0.3, -0.25) is 0 Å². The van der Waals surface area contributed by atoms with Crippen LogP contribution in [0.3, 0.4) is 0 Å². The molecule has 0 aliphatic heterocycles. The lowest BCUT2D eigenvalue weighted by Gasteiger charge is -2.17. The van der Waals surface area contributed by atoms with Crippen molar-refractivity contribution in [3.63, 3.8) is 0 Å². The number of hydrogen-bond acceptors (Lipinski definition) is 5. The second kappa shape index (κ2) is 6.04. The van der Waals surface area contributed by atoms with Gasteiger partial charge >= 0.3 is 0 Å². The number of nitrogens with zero attached hydrogens (tertiary/aromatic N) is 3. The van der Waals surface area contributed by atoms with E-state index in [9.17, 15) is 4.55 Å². The molecule has 17 heavy (non-hydrogen) atoms. The van der Waals surface area contributed by atoms with E-state index in [1.165, 1.54) is 18.0 Å². The molecule has 0 spiro atoms. The fourth-order valence-corrected chi connectivity index (χ4v) is 1.89. The molecular weight excluding hydrogens is 278 g/mol. The van der Waals surface area contributed by atoms with Crippen LogP contribution < -0.4 is 0 Å². The van der Waals surface area contributed by atoms with Crippen LogP contribution in [0.15, 0.2) is 15.6 Å². The van der Waals surface area contributed by atoms with Crippen LogP contribution in [0, 0.1) is 0 Å². The summed E-state index contributed by atoms with van der Waals surface area (Å²) < 4.78 is 15.2. The zero-order valence-electron chi connectivity index (χ0n) is 10.1. The smallest absolute Gasteiger partial charge is 0.157 e. The van der Waals surface area contributed by atoms with Gasteiger partial charge in [0, 0.05) is 0 Å². The Kier molecular flexibility index (Phi) is 5.24. The lowest BCUT2D eigenvalue weighted by Crippen LogP contribution is -2.25. The van der Waals surface area contributed by atoms with Crippen LogP contribution in [-0.4, -0.2) is 31.7 Å². The fraction of sp³-hybridized carbons (Fsp3) is 0.500. The summed E-state index contributed by atoms with van der Waals surface area (Å²) in [5, 5.41) is 1.01. The molecule has 7 heteroatoms. The van der Waals surface area contributed by atoms with Gasteiger partial charge in [0.15, 0.2) is 5.15 Å². The third kappa shape index (κ3) is 4.46. The predicted octanol–water partition coefficient (Wildman–Crippen LogP) is 2.73. The van der Waals surface area contributed by atoms with Gasteiger partial charge in [0.2, 0.25) is 0 Å². The zero-order chi connectivity index (χ0) is 13.1. The molecule has 1 atom stereocenters. The summed E-state index contributed by atoms with van der Waals surface area (Å²) >= 11 is 6.07. The molecule has 4 nitrogen and oxygen atoms in total. The van der Waals surface area contributed by atoms with E-state index in [-0.39, 0.29) is 5.15 Å². The van der Waals surface area contributed by atoms with E-state index in [0.717, 1.165) is 5.03 Å². The van der Waals surface area contributed by atoms with Crippen molar-refractivity contribution in [1.82, 2.24) is 9.97 Å². The van der Waals surface area contributed by atoms with Crippen LogP contribution in [0.1, 0.15) is 26.5 Å². The summed E-state index contributed by atoms with van der Waals surface area (Å²) in [5.74, 6) is 0. The summed E-state index contributed by atoms with van der Waals surface area (Å²) in [6, 6.07) is 0. The Hall–Kier alpha value is -0.300. The predicted molar refractivity (Wildman–Crippen MR) is 74.3 cm³/mol. The molecule has 1 aromatic rings. The van der Waals surface area contributed by atoms with Gasteiger partial charge in [-0.25, -0.2) is 9.97 Å². The SMILES string of the molecule is CSc1cnc(C=N[S@@+]([O-])C(C)(C)C)c(Cl)n1. The van der Waals surface area contributed by atoms with Crippen molar-refractivity contribution < 1.29 is 4.55 Å². The molecular formula is C10H14ClN3OS2. The minimum Gasteiger partial charge on any atom is -0.591 e. The summed E-state index contributed by atoms with van der Waals surface area (Å²) in [6.07, 6.45) is 4.90. The summed E-state index contributed by atoms with van der Waals surface area (Å²) in [7, 11) is 0. The Morgan fingerprint density at radius 2 is 2.18 bits per heavy atom. The largest absolute Gasteiger partial charge is 0.591 e. The van der Waals surface area contributed by atoms with Gasteiger partial charge in [-0.05, 0) is 27.0 Å². The average Bonchev–Trinajstić information content (AvgIpc) is 2.25. The topological polar surface area (TPSA) is 61.2 Å². The molecule has 1 heterocycles. The van der Waals surface area contributed by atoms with Gasteiger partial charge in [-0.2, -0.15) is 0 Å². The van der Waals surface area contributed by atoms with E-state index in [2.05, 4.69) is 14.4 Å². The highest BCUT2D eigenvalue weighted by Crippen LogP contribution is 2.18. The van der Waals surface area contributed by atoms with Gasteiger partial charge in [0.05, 0.1) is 6.20 Å². The van der Waals surface area contributed by atoms with E-state index in [0.29, 0.717) is 5.69 Å². The van der Waals surface area contributed by atoms with E-state index in [4.69, 9.17) is 11.6 Å². The molecule has 0 N–H and O–H groups in total. The maximum absolute atomic E-state index is 11.7. The van der Waals surface area contributed by atoms with E-state index >= 15 is 0 Å². The Morgan fingerprint density at radius 1 is 1.53 bits per heavy atom. The fourth-order valence-electron chi connectivity index (χ4n) is 0.802. The molecule has 1 rings (SSSR count). The van der Waals surface area contributed by atoms with Crippen LogP contribution in [-0.2, 0) is 11.4 Å². The van der Waals surface area contributed by atoms with Crippen LogP contribution in [0.25, 0.3) is 0 Å². The molecule has 0 radical (unpaired) electrons. The minimum atomic E-state index is -1.32. The third-order valence-electron chi connectivity index (χ3n) is 1.74. The van der Waals surface area contributed by atoms with Gasteiger partial charge in [-0.15, -0.1) is 11.8 Å². The first-order valence-corrected chi connectivity index (χ1v) is 7.58. The van der Waals surface area contributed by atoms with Gasteiger partial charge < -0.3 is 4.55 Å². The second-order valence-corrected chi connectivity index (χ2v) is 7.30. The summed E-state index contributed by atoms with van der Waals surface area (Å²) in [6.45, 7) is 5.56. The quantitative estimate of drug-likeness (QED) is 0.488. The molecule has 1 aromatic heterocycles. The van der Waals surface area contributed by atoms with Crippen LogP contribution in [0.2, 0.25) is 5.15 Å². The zero-order valence-corrected chi connectivity index (χ0v) is 12.5. The normalized spacial score (nSPS) is 14.2. The standard InChI is InChI=1S/C10H14ClN3OS2/c1-10(2,3)17(15)13-5-7-9(11)14-8(16-4)6-12-7/h5-6H,1-4H3/t17-/m0/s1. The van der Waals surface area contributed by atoms with E-state index in [1.807, 2.05) is 27.0 Å². The lowest BCUT2D eigenvalue weighted by molar-refractivity contribution is 0.562. The van der Waals surface area contributed by atoms with E-state index in [1.54, 1.807) is 6.20 Å². The molecule has 0 aliphatic carbocycles. The minimum absolute atomic E-state index is 0.270. The molecule has 94 valence electrons. The number of thioether (sulfide) groups is 1. The highest BCUT2D eigenvalue weighted by Gasteiger charge is 2.26. The van der Waals surface area contributed by atoms with Gasteiger partial charge in [-0.1, -0.05) is 16.0 Å². The molecule has 0 saturated heterocycles. The Morgan fingerprint density at radius 3 is 2.65 bits per heavy atom. The number of halogens is 1. The highest BCUT2D eigenvalue weighted by molar-refractivity contribution is 7.98. The Labute approximate surface area is 114 Å². The van der Waals surface area contributed by atoms with Crippen molar-refractivity contribution in [2.75, 3.05) is 6.26 Å². The van der Waals surface area contributed by atoms with E-state index < -0.39 is 16.1 Å². The second-order valence-electron chi connectivity index (χ2n) is 4.18. The maximum atomic E-state index is 11.7. The van der Waals surface area contributed by atoms with Crippen LogP contribution in [0.5, 0.6) is 0 Å².